The molecule has 0 radical (unpaired) electrons. The van der Waals surface area contributed by atoms with Crippen molar-refractivity contribution in [2.24, 2.45) is 0 Å². The molecule has 1 atom stereocenters. The van der Waals surface area contributed by atoms with Crippen LogP contribution in [0.15, 0.2) is 28.8 Å². The van der Waals surface area contributed by atoms with Crippen molar-refractivity contribution in [1.82, 2.24) is 10.1 Å². The van der Waals surface area contributed by atoms with Crippen molar-refractivity contribution in [3.8, 4) is 22.8 Å². The van der Waals surface area contributed by atoms with E-state index in [-0.39, 0.29) is 18.7 Å². The van der Waals surface area contributed by atoms with Crippen molar-refractivity contribution in [3.63, 3.8) is 0 Å². The number of carbonyl (C=O) groups excluding carboxylic acids is 1. The molecule has 1 saturated heterocycles. The van der Waals surface area contributed by atoms with E-state index in [0.29, 0.717) is 23.0 Å². The highest BCUT2D eigenvalue weighted by Crippen LogP contribution is 2.36. The Morgan fingerprint density at radius 1 is 1.27 bits per heavy atom. The number of rotatable bonds is 2. The van der Waals surface area contributed by atoms with Gasteiger partial charge in [0.15, 0.2) is 23.0 Å². The van der Waals surface area contributed by atoms with Gasteiger partial charge in [0.2, 0.25) is 6.79 Å². The van der Waals surface area contributed by atoms with E-state index >= 15 is 0 Å². The Morgan fingerprint density at radius 2 is 2.14 bits per heavy atom. The first kappa shape index (κ1) is 13.2. The minimum Gasteiger partial charge on any atom is -0.454 e. The number of fused-ring (bicyclic) bond motifs is 1. The van der Waals surface area contributed by atoms with E-state index in [1.54, 1.807) is 6.07 Å². The zero-order chi connectivity index (χ0) is 15.1. The average Bonchev–Trinajstić information content (AvgIpc) is 3.26. The van der Waals surface area contributed by atoms with Crippen molar-refractivity contribution < 1.29 is 18.8 Å². The van der Waals surface area contributed by atoms with Gasteiger partial charge in [0.05, 0.1) is 0 Å². The van der Waals surface area contributed by atoms with E-state index in [9.17, 15) is 4.79 Å². The van der Waals surface area contributed by atoms with Crippen LogP contribution in [0.4, 0.5) is 0 Å². The standard InChI is InChI=1S/C16H16N2O4/c1-10-3-2-6-18(10)16(19)12-8-14(22-17-12)11-4-5-13-15(7-11)21-9-20-13/h4-5,7-8,10H,2-3,6,9H2,1H3. The average molecular weight is 300 g/mol. The van der Waals surface area contributed by atoms with Gasteiger partial charge in [0.25, 0.3) is 5.91 Å². The van der Waals surface area contributed by atoms with Crippen molar-refractivity contribution >= 4 is 5.91 Å². The first-order valence-electron chi connectivity index (χ1n) is 7.40. The van der Waals surface area contributed by atoms with Crippen molar-refractivity contribution in [3.05, 3.63) is 30.0 Å². The fraction of sp³-hybridized carbons (Fsp3) is 0.375. The van der Waals surface area contributed by atoms with Crippen LogP contribution in [0.5, 0.6) is 11.5 Å². The van der Waals surface area contributed by atoms with Gasteiger partial charge < -0.3 is 18.9 Å². The highest BCUT2D eigenvalue weighted by molar-refractivity contribution is 5.93. The first-order chi connectivity index (χ1) is 10.7. The lowest BCUT2D eigenvalue weighted by atomic mass is 10.1. The Bertz CT molecular complexity index is 725. The second-order valence-corrected chi connectivity index (χ2v) is 5.63. The normalized spacial score (nSPS) is 19.7. The molecule has 1 unspecified atom stereocenters. The van der Waals surface area contributed by atoms with Gasteiger partial charge in [-0.1, -0.05) is 5.16 Å². The van der Waals surface area contributed by atoms with Crippen LogP contribution in [0.2, 0.25) is 0 Å². The molecule has 1 aromatic carbocycles. The molecule has 3 heterocycles. The maximum atomic E-state index is 12.4. The molecular weight excluding hydrogens is 284 g/mol. The maximum Gasteiger partial charge on any atom is 0.276 e. The van der Waals surface area contributed by atoms with Gasteiger partial charge >= 0.3 is 0 Å². The fourth-order valence-corrected chi connectivity index (χ4v) is 2.94. The molecule has 0 saturated carbocycles. The molecule has 4 rings (SSSR count). The zero-order valence-electron chi connectivity index (χ0n) is 12.2. The second-order valence-electron chi connectivity index (χ2n) is 5.63. The minimum atomic E-state index is -0.0688. The highest BCUT2D eigenvalue weighted by Gasteiger charge is 2.28. The molecule has 0 N–H and O–H groups in total. The SMILES string of the molecule is CC1CCCN1C(=O)c1cc(-c2ccc3c(c2)OCO3)on1. The van der Waals surface area contributed by atoms with Crippen LogP contribution in [0.1, 0.15) is 30.3 Å². The van der Waals surface area contributed by atoms with Crippen LogP contribution in [0.25, 0.3) is 11.3 Å². The monoisotopic (exact) mass is 300 g/mol. The van der Waals surface area contributed by atoms with Crippen molar-refractivity contribution in [2.45, 2.75) is 25.8 Å². The second kappa shape index (κ2) is 5.05. The largest absolute Gasteiger partial charge is 0.454 e. The Hall–Kier alpha value is -2.50. The maximum absolute atomic E-state index is 12.4. The summed E-state index contributed by atoms with van der Waals surface area (Å²) >= 11 is 0. The molecule has 2 aliphatic rings. The van der Waals surface area contributed by atoms with Crippen LogP contribution >= 0.6 is 0 Å². The summed E-state index contributed by atoms with van der Waals surface area (Å²) in [7, 11) is 0. The van der Waals surface area contributed by atoms with Gasteiger partial charge in [-0.15, -0.1) is 0 Å². The zero-order valence-corrected chi connectivity index (χ0v) is 12.2. The minimum absolute atomic E-state index is 0.0688. The molecule has 6 heteroatoms. The van der Waals surface area contributed by atoms with Gasteiger partial charge in [0, 0.05) is 24.2 Å². The molecule has 1 amide bonds. The summed E-state index contributed by atoms with van der Waals surface area (Å²) in [4.78, 5) is 14.3. The van der Waals surface area contributed by atoms with Gasteiger partial charge in [-0.25, -0.2) is 0 Å². The van der Waals surface area contributed by atoms with E-state index in [4.69, 9.17) is 14.0 Å². The number of hydrogen-bond donors (Lipinski definition) is 0. The van der Waals surface area contributed by atoms with Crippen LogP contribution in [0, 0.1) is 0 Å². The number of amides is 1. The van der Waals surface area contributed by atoms with Crippen LogP contribution in [-0.4, -0.2) is 35.3 Å². The molecule has 0 bridgehead atoms. The van der Waals surface area contributed by atoms with Crippen LogP contribution < -0.4 is 9.47 Å². The fourth-order valence-electron chi connectivity index (χ4n) is 2.94. The Balaban J connectivity index is 1.60. The summed E-state index contributed by atoms with van der Waals surface area (Å²) in [5.41, 5.74) is 1.16. The first-order valence-corrected chi connectivity index (χ1v) is 7.40. The number of aromatic nitrogens is 1. The van der Waals surface area contributed by atoms with Gasteiger partial charge in [-0.2, -0.15) is 0 Å². The lowest BCUT2D eigenvalue weighted by molar-refractivity contribution is 0.0737. The van der Waals surface area contributed by atoms with Gasteiger partial charge in [-0.05, 0) is 38.0 Å². The number of benzene rings is 1. The summed E-state index contributed by atoms with van der Waals surface area (Å²) in [6, 6.07) is 7.46. The number of carbonyl (C=O) groups is 1. The van der Waals surface area contributed by atoms with E-state index in [2.05, 4.69) is 12.1 Å². The molecule has 1 fully saturated rings. The topological polar surface area (TPSA) is 64.8 Å². The van der Waals surface area contributed by atoms with E-state index in [1.165, 1.54) is 0 Å². The third-order valence-corrected chi connectivity index (χ3v) is 4.20. The molecule has 114 valence electrons. The molecule has 0 spiro atoms. The highest BCUT2D eigenvalue weighted by atomic mass is 16.7. The summed E-state index contributed by atoms with van der Waals surface area (Å²) in [6.45, 7) is 3.07. The molecule has 0 aliphatic carbocycles. The summed E-state index contributed by atoms with van der Waals surface area (Å²) in [5, 5.41) is 3.93. The molecule has 1 aromatic heterocycles. The third-order valence-electron chi connectivity index (χ3n) is 4.20. The van der Waals surface area contributed by atoms with Crippen molar-refractivity contribution in [1.29, 1.82) is 0 Å². The summed E-state index contributed by atoms with van der Waals surface area (Å²) in [6.07, 6.45) is 2.08. The van der Waals surface area contributed by atoms with Crippen LogP contribution in [0.3, 0.4) is 0 Å². The third kappa shape index (κ3) is 2.11. The molecular formula is C16H16N2O4. The predicted octanol–water partition coefficient (Wildman–Crippen LogP) is 2.69. The molecule has 6 nitrogen and oxygen atoms in total. The van der Waals surface area contributed by atoms with E-state index < -0.39 is 0 Å². The number of hydrogen-bond acceptors (Lipinski definition) is 5. The Labute approximate surface area is 127 Å². The summed E-state index contributed by atoms with van der Waals surface area (Å²) in [5.74, 6) is 1.87. The number of ether oxygens (including phenoxy) is 2. The van der Waals surface area contributed by atoms with Crippen LogP contribution in [-0.2, 0) is 0 Å². The van der Waals surface area contributed by atoms with Crippen molar-refractivity contribution in [2.75, 3.05) is 13.3 Å². The molecule has 2 aliphatic heterocycles. The molecule has 22 heavy (non-hydrogen) atoms. The molecule has 2 aromatic rings. The van der Waals surface area contributed by atoms with Gasteiger partial charge in [0.1, 0.15) is 0 Å². The summed E-state index contributed by atoms with van der Waals surface area (Å²) < 4.78 is 16.0. The van der Waals surface area contributed by atoms with E-state index in [0.717, 1.165) is 24.9 Å². The lowest BCUT2D eigenvalue weighted by Gasteiger charge is -2.19. The van der Waals surface area contributed by atoms with E-state index in [1.807, 2.05) is 23.1 Å². The lowest BCUT2D eigenvalue weighted by Crippen LogP contribution is -2.33. The Morgan fingerprint density at radius 3 is 2.95 bits per heavy atom. The number of likely N-dealkylation sites (tertiary alicyclic amines) is 1. The Kier molecular flexibility index (Phi) is 3.03. The predicted molar refractivity (Wildman–Crippen MR) is 77.8 cm³/mol. The number of nitrogens with zero attached hydrogens (tertiary/aromatic N) is 2. The van der Waals surface area contributed by atoms with Gasteiger partial charge in [-0.3, -0.25) is 4.79 Å². The smallest absolute Gasteiger partial charge is 0.276 e. The quantitative estimate of drug-likeness (QED) is 0.853.